The summed E-state index contributed by atoms with van der Waals surface area (Å²) >= 11 is 0. The number of hydrogen-bond donors (Lipinski definition) is 2. The minimum atomic E-state index is -4.89. The number of benzene rings is 2. The first kappa shape index (κ1) is 26.0. The highest BCUT2D eigenvalue weighted by molar-refractivity contribution is 5.99. The number of nitrogens with one attached hydrogen (secondary N) is 2. The molecular weight excluding hydrogens is 517 g/mol. The van der Waals surface area contributed by atoms with Crippen LogP contribution in [0.15, 0.2) is 57.7 Å². The molecule has 39 heavy (non-hydrogen) atoms. The van der Waals surface area contributed by atoms with E-state index in [0.29, 0.717) is 16.8 Å². The summed E-state index contributed by atoms with van der Waals surface area (Å²) in [7, 11) is 5.06. The molecule has 0 atom stereocenters. The first-order chi connectivity index (χ1) is 18.6. The van der Waals surface area contributed by atoms with E-state index in [1.54, 1.807) is 36.4 Å². The first-order valence-electron chi connectivity index (χ1n) is 11.8. The zero-order chi connectivity index (χ0) is 27.9. The Bertz CT molecular complexity index is 1740. The molecule has 2 N–H and O–H groups in total. The van der Waals surface area contributed by atoms with Gasteiger partial charge in [0.2, 0.25) is 5.89 Å². The van der Waals surface area contributed by atoms with E-state index in [9.17, 15) is 22.8 Å². The van der Waals surface area contributed by atoms with Gasteiger partial charge in [-0.2, -0.15) is 22.8 Å². The zero-order valence-corrected chi connectivity index (χ0v) is 21.1. The molecule has 0 saturated carbocycles. The fraction of sp³-hybridized carbons (Fsp3) is 0.231. The molecule has 5 rings (SSSR count). The summed E-state index contributed by atoms with van der Waals surface area (Å²) in [6.45, 7) is 0.687. The van der Waals surface area contributed by atoms with Gasteiger partial charge in [0.05, 0.1) is 12.7 Å². The maximum atomic E-state index is 14.1. The van der Waals surface area contributed by atoms with Gasteiger partial charge in [0, 0.05) is 13.1 Å². The number of halogens is 3. The van der Waals surface area contributed by atoms with Gasteiger partial charge in [-0.1, -0.05) is 36.4 Å². The average Bonchev–Trinajstić information content (AvgIpc) is 3.50. The Kier molecular flexibility index (Phi) is 6.60. The number of alkyl halides is 3. The molecule has 202 valence electrons. The van der Waals surface area contributed by atoms with Crippen molar-refractivity contribution in [2.24, 2.45) is 0 Å². The smallest absolute Gasteiger partial charge is 0.435 e. The average molecular weight is 541 g/mol. The fourth-order valence-electron chi connectivity index (χ4n) is 4.20. The van der Waals surface area contributed by atoms with Crippen LogP contribution >= 0.6 is 0 Å². The third-order valence-corrected chi connectivity index (χ3v) is 6.00. The second kappa shape index (κ2) is 9.91. The number of H-pyrrole nitrogens is 1. The quantitative estimate of drug-likeness (QED) is 0.322. The second-order valence-corrected chi connectivity index (χ2v) is 8.91. The zero-order valence-electron chi connectivity index (χ0n) is 21.1. The predicted octanol–water partition coefficient (Wildman–Crippen LogP) is 3.82. The molecule has 0 fully saturated rings. The molecule has 0 aliphatic carbocycles. The Labute approximate surface area is 219 Å². The molecule has 0 unspecified atom stereocenters. The van der Waals surface area contributed by atoms with Gasteiger partial charge >= 0.3 is 6.18 Å². The largest absolute Gasteiger partial charge is 0.494 e. The Morgan fingerprint density at radius 2 is 1.87 bits per heavy atom. The minimum absolute atomic E-state index is 0.161. The predicted molar refractivity (Wildman–Crippen MR) is 137 cm³/mol. The number of para-hydroxylation sites is 1. The third-order valence-electron chi connectivity index (χ3n) is 6.00. The van der Waals surface area contributed by atoms with Crippen LogP contribution in [0.5, 0.6) is 5.75 Å². The lowest BCUT2D eigenvalue weighted by molar-refractivity contribution is -0.140. The summed E-state index contributed by atoms with van der Waals surface area (Å²) in [5, 5.41) is 6.32. The van der Waals surface area contributed by atoms with Crippen LogP contribution in [0, 0.1) is 0 Å². The van der Waals surface area contributed by atoms with Crippen LogP contribution in [0.2, 0.25) is 0 Å². The summed E-state index contributed by atoms with van der Waals surface area (Å²) in [4.78, 5) is 36.1. The van der Waals surface area contributed by atoms with Crippen LogP contribution in [0.4, 0.5) is 13.2 Å². The summed E-state index contributed by atoms with van der Waals surface area (Å²) < 4.78 is 54.1. The van der Waals surface area contributed by atoms with Gasteiger partial charge in [-0.15, -0.1) is 0 Å². The van der Waals surface area contributed by atoms with Crippen molar-refractivity contribution in [2.75, 3.05) is 34.3 Å². The standard InChI is InChI=1S/C26H23F3N6O4/c1-34(2)13-12-30-23(36)20-18(24-32-19-15(38-3)10-7-11-16(19)39-24)25(37)35-22(31-20)17(14-8-5-4-6-9-14)21(33-35)26(27,28)29/h4-11,31H,12-13H2,1-3H3,(H,30,36). The Hall–Kier alpha value is -4.65. The van der Waals surface area contributed by atoms with Crippen molar-refractivity contribution in [1.82, 2.24) is 29.8 Å². The number of amides is 1. The van der Waals surface area contributed by atoms with Crippen molar-refractivity contribution in [3.8, 4) is 28.3 Å². The molecule has 0 saturated heterocycles. The van der Waals surface area contributed by atoms with Gasteiger partial charge < -0.3 is 24.4 Å². The van der Waals surface area contributed by atoms with Gasteiger partial charge in [-0.05, 0) is 31.8 Å². The Balaban J connectivity index is 1.82. The lowest BCUT2D eigenvalue weighted by Gasteiger charge is -2.12. The minimum Gasteiger partial charge on any atom is -0.494 e. The van der Waals surface area contributed by atoms with Crippen LogP contribution < -0.4 is 15.6 Å². The monoisotopic (exact) mass is 540 g/mol. The number of oxazole rings is 1. The molecule has 0 aliphatic heterocycles. The number of ether oxygens (including phenoxy) is 1. The highest BCUT2D eigenvalue weighted by atomic mass is 19.4. The normalized spacial score (nSPS) is 12.0. The number of aromatic amines is 1. The van der Waals surface area contributed by atoms with Crippen molar-refractivity contribution in [2.45, 2.75) is 6.18 Å². The van der Waals surface area contributed by atoms with Crippen molar-refractivity contribution in [1.29, 1.82) is 0 Å². The van der Waals surface area contributed by atoms with Crippen molar-refractivity contribution in [3.63, 3.8) is 0 Å². The topological polar surface area (TPSA) is 118 Å². The molecule has 0 bridgehead atoms. The third kappa shape index (κ3) is 4.72. The molecule has 10 nitrogen and oxygen atoms in total. The van der Waals surface area contributed by atoms with E-state index in [4.69, 9.17) is 9.15 Å². The summed E-state index contributed by atoms with van der Waals surface area (Å²) in [5.74, 6) is -0.656. The first-order valence-corrected chi connectivity index (χ1v) is 11.8. The summed E-state index contributed by atoms with van der Waals surface area (Å²) in [6.07, 6.45) is -4.89. The number of carbonyl (C=O) groups is 1. The van der Waals surface area contributed by atoms with Gasteiger partial charge in [0.25, 0.3) is 11.5 Å². The number of carbonyl (C=O) groups excluding carboxylic acids is 1. The SMILES string of the molecule is COc1cccc2oc(-c3c(C(=O)NCCN(C)C)[nH]c4c(-c5ccccc5)c(C(F)(F)F)nn4c3=O)nc12. The summed E-state index contributed by atoms with van der Waals surface area (Å²) in [5.41, 5.74) is -2.96. The molecule has 1 amide bonds. The van der Waals surface area contributed by atoms with Crippen LogP contribution in [0.25, 0.3) is 39.3 Å². The van der Waals surface area contributed by atoms with E-state index in [2.05, 4.69) is 20.4 Å². The van der Waals surface area contributed by atoms with Crippen LogP contribution in [-0.2, 0) is 6.18 Å². The van der Waals surface area contributed by atoms with E-state index in [0.717, 1.165) is 0 Å². The molecule has 13 heteroatoms. The highest BCUT2D eigenvalue weighted by Gasteiger charge is 2.40. The van der Waals surface area contributed by atoms with Crippen LogP contribution in [0.3, 0.4) is 0 Å². The van der Waals surface area contributed by atoms with Crippen molar-refractivity contribution >= 4 is 22.7 Å². The number of hydrogen-bond acceptors (Lipinski definition) is 7. The molecule has 3 aromatic heterocycles. The van der Waals surface area contributed by atoms with Crippen LogP contribution in [0.1, 0.15) is 16.2 Å². The number of likely N-dealkylation sites (N-methyl/N-ethyl adjacent to an activating group) is 1. The van der Waals surface area contributed by atoms with Crippen LogP contribution in [-0.4, -0.2) is 64.7 Å². The lowest BCUT2D eigenvalue weighted by Crippen LogP contribution is -2.34. The van der Waals surface area contributed by atoms with E-state index in [1.807, 2.05) is 19.0 Å². The van der Waals surface area contributed by atoms with E-state index in [-0.39, 0.29) is 51.6 Å². The fourth-order valence-corrected chi connectivity index (χ4v) is 4.20. The van der Waals surface area contributed by atoms with E-state index in [1.165, 1.54) is 19.2 Å². The number of aromatic nitrogens is 4. The molecule has 0 spiro atoms. The van der Waals surface area contributed by atoms with Gasteiger partial charge in [-0.25, -0.2) is 4.98 Å². The highest BCUT2D eigenvalue weighted by Crippen LogP contribution is 2.38. The number of rotatable bonds is 7. The van der Waals surface area contributed by atoms with E-state index >= 15 is 0 Å². The second-order valence-electron chi connectivity index (χ2n) is 8.91. The number of methoxy groups -OCH3 is 1. The Morgan fingerprint density at radius 3 is 2.54 bits per heavy atom. The maximum Gasteiger partial charge on any atom is 0.435 e. The van der Waals surface area contributed by atoms with Gasteiger partial charge in [0.15, 0.2) is 16.8 Å². The molecule has 2 aromatic carbocycles. The molecule has 3 heterocycles. The van der Waals surface area contributed by atoms with Gasteiger partial charge in [0.1, 0.15) is 22.7 Å². The van der Waals surface area contributed by atoms with E-state index < -0.39 is 23.3 Å². The molecule has 0 aliphatic rings. The molecular formula is C26H23F3N6O4. The maximum absolute atomic E-state index is 14.1. The number of fused-ring (bicyclic) bond motifs is 2. The van der Waals surface area contributed by atoms with Crippen molar-refractivity contribution in [3.05, 3.63) is 70.3 Å². The Morgan fingerprint density at radius 1 is 1.13 bits per heavy atom. The lowest BCUT2D eigenvalue weighted by atomic mass is 10.1. The molecule has 0 radical (unpaired) electrons. The summed E-state index contributed by atoms with van der Waals surface area (Å²) in [6, 6.07) is 12.6. The molecule has 5 aromatic rings. The van der Waals surface area contributed by atoms with Crippen molar-refractivity contribution < 1.29 is 27.1 Å². The van der Waals surface area contributed by atoms with Gasteiger partial charge in [-0.3, -0.25) is 9.59 Å². The number of nitrogens with zero attached hydrogens (tertiary/aromatic N) is 4.